The van der Waals surface area contributed by atoms with Crippen molar-refractivity contribution in [3.63, 3.8) is 0 Å². The lowest BCUT2D eigenvalue weighted by molar-refractivity contribution is -0.118. The number of carboxylic acids is 1. The summed E-state index contributed by atoms with van der Waals surface area (Å²) < 4.78 is 94.4. The first-order valence-electron chi connectivity index (χ1n) is 10.2. The van der Waals surface area contributed by atoms with Crippen LogP contribution in [0, 0.1) is 29.1 Å². The number of rotatable bonds is 8. The number of likely N-dealkylation sites (N-methyl/N-ethyl adjacent to an activating group) is 1. The third-order valence-electron chi connectivity index (χ3n) is 5.20. The number of aromatic carboxylic acids is 1. The maximum Gasteiger partial charge on any atom is 0.339 e. The Kier molecular flexibility index (Phi) is 7.83. The van der Waals surface area contributed by atoms with E-state index in [2.05, 4.69) is 0 Å². The van der Waals surface area contributed by atoms with E-state index in [-0.39, 0.29) is 16.5 Å². The third kappa shape index (κ3) is 5.39. The topological polar surface area (TPSA) is 115 Å². The highest BCUT2D eigenvalue weighted by Crippen LogP contribution is 2.30. The van der Waals surface area contributed by atoms with Crippen LogP contribution in [-0.2, 0) is 21.4 Å². The van der Waals surface area contributed by atoms with Gasteiger partial charge in [0.05, 0.1) is 13.1 Å². The van der Waals surface area contributed by atoms with Gasteiger partial charge >= 0.3 is 5.97 Å². The first kappa shape index (κ1) is 27.5. The van der Waals surface area contributed by atoms with Crippen LogP contribution in [0.25, 0.3) is 0 Å². The van der Waals surface area contributed by atoms with E-state index in [9.17, 15) is 45.1 Å². The van der Waals surface area contributed by atoms with Gasteiger partial charge in [0.25, 0.3) is 0 Å². The summed E-state index contributed by atoms with van der Waals surface area (Å²) in [6.45, 7) is -1.35. The van der Waals surface area contributed by atoms with E-state index in [1.165, 1.54) is 0 Å². The predicted octanol–water partition coefficient (Wildman–Crippen LogP) is 3.64. The van der Waals surface area contributed by atoms with Crippen LogP contribution in [-0.4, -0.2) is 48.4 Å². The predicted molar refractivity (Wildman–Crippen MR) is 119 cm³/mol. The van der Waals surface area contributed by atoms with Crippen LogP contribution < -0.4 is 4.90 Å². The normalized spacial score (nSPS) is 11.5. The Hall–Kier alpha value is -4.04. The summed E-state index contributed by atoms with van der Waals surface area (Å²) in [6, 6.07) is 11.2. The van der Waals surface area contributed by atoms with Crippen LogP contribution in [0.15, 0.2) is 53.4 Å². The Morgan fingerprint density at radius 2 is 1.41 bits per heavy atom. The average Bonchev–Trinajstić information content (AvgIpc) is 2.85. The minimum atomic E-state index is -5.41. The number of anilines is 1. The number of hydrogen-bond acceptors (Lipinski definition) is 5. The summed E-state index contributed by atoms with van der Waals surface area (Å²) >= 11 is 0. The third-order valence-corrected chi connectivity index (χ3v) is 7.03. The number of carboxylic acid groups (broad SMARTS) is 1. The zero-order valence-corrected chi connectivity index (χ0v) is 19.6. The number of nitrogens with zero attached hydrogens (tertiary/aromatic N) is 2. The largest absolute Gasteiger partial charge is 0.507 e. The molecule has 0 fully saturated rings. The molecule has 2 N–H and O–H groups in total. The van der Waals surface area contributed by atoms with Crippen LogP contribution in [0.4, 0.5) is 27.6 Å². The molecule has 3 aromatic carbocycles. The van der Waals surface area contributed by atoms with Gasteiger partial charge in [0, 0.05) is 18.8 Å². The number of carbonyl (C=O) groups is 2. The number of hydrogen-bond donors (Lipinski definition) is 2. The number of sulfonamides is 1. The van der Waals surface area contributed by atoms with Gasteiger partial charge in [-0.3, -0.25) is 4.79 Å². The molecule has 3 rings (SSSR count). The van der Waals surface area contributed by atoms with Gasteiger partial charge in [-0.15, -0.1) is 0 Å². The number of carbonyl (C=O) groups excluding carboxylic acids is 1. The summed E-state index contributed by atoms with van der Waals surface area (Å²) in [4.78, 5) is 23.1. The molecule has 0 saturated carbocycles. The van der Waals surface area contributed by atoms with Crippen LogP contribution in [0.3, 0.4) is 0 Å². The second-order valence-electron chi connectivity index (χ2n) is 7.63. The van der Waals surface area contributed by atoms with Crippen molar-refractivity contribution in [2.24, 2.45) is 0 Å². The van der Waals surface area contributed by atoms with Crippen LogP contribution >= 0.6 is 0 Å². The number of benzene rings is 3. The second-order valence-corrected chi connectivity index (χ2v) is 9.61. The maximum absolute atomic E-state index is 14.2. The summed E-state index contributed by atoms with van der Waals surface area (Å²) in [7, 11) is -4.72. The molecule has 0 radical (unpaired) electrons. The minimum Gasteiger partial charge on any atom is -0.507 e. The highest BCUT2D eigenvalue weighted by atomic mass is 32.2. The van der Waals surface area contributed by atoms with Gasteiger partial charge < -0.3 is 15.1 Å². The van der Waals surface area contributed by atoms with Gasteiger partial charge in [0.2, 0.25) is 21.7 Å². The number of aromatic hydroxyl groups is 1. The molecule has 0 aliphatic rings. The van der Waals surface area contributed by atoms with Crippen molar-refractivity contribution in [2.75, 3.05) is 18.5 Å². The molecule has 0 atom stereocenters. The molecular formula is C23H17F5N2O6S. The molecule has 0 bridgehead atoms. The Morgan fingerprint density at radius 3 is 1.92 bits per heavy atom. The first-order valence-corrected chi connectivity index (χ1v) is 11.6. The molecule has 0 aromatic heterocycles. The van der Waals surface area contributed by atoms with Gasteiger partial charge in [-0.05, 0) is 17.7 Å². The molecule has 14 heteroatoms. The molecule has 0 aliphatic carbocycles. The molecule has 196 valence electrons. The molecule has 0 unspecified atom stereocenters. The first-order chi connectivity index (χ1) is 17.3. The van der Waals surface area contributed by atoms with Gasteiger partial charge in [-0.25, -0.2) is 35.2 Å². The van der Waals surface area contributed by atoms with Crippen molar-refractivity contribution in [3.05, 3.63) is 88.7 Å². The summed E-state index contributed by atoms with van der Waals surface area (Å²) in [5.41, 5.74) is -0.0387. The zero-order valence-electron chi connectivity index (χ0n) is 18.8. The molecule has 0 saturated heterocycles. The van der Waals surface area contributed by atoms with Gasteiger partial charge in [0.15, 0.2) is 28.2 Å². The maximum atomic E-state index is 14.2. The van der Waals surface area contributed by atoms with Crippen LogP contribution in [0.5, 0.6) is 5.75 Å². The van der Waals surface area contributed by atoms with E-state index in [0.717, 1.165) is 23.1 Å². The molecule has 0 heterocycles. The van der Waals surface area contributed by atoms with Crippen molar-refractivity contribution in [1.82, 2.24) is 4.31 Å². The van der Waals surface area contributed by atoms with E-state index < -0.39 is 73.7 Å². The number of halogens is 5. The van der Waals surface area contributed by atoms with Gasteiger partial charge in [-0.2, -0.15) is 4.31 Å². The van der Waals surface area contributed by atoms with Crippen molar-refractivity contribution in [2.45, 2.75) is 11.4 Å². The SMILES string of the molecule is CN(CC(=O)N(Cc1ccccc1)c1ccc(C(=O)O)c(O)c1)S(=O)(=O)c1c(F)c(F)c(F)c(F)c1F. The molecule has 37 heavy (non-hydrogen) atoms. The number of phenols is 1. The van der Waals surface area contributed by atoms with E-state index >= 15 is 0 Å². The molecular weight excluding hydrogens is 527 g/mol. The quantitative estimate of drug-likeness (QED) is 0.254. The fourth-order valence-corrected chi connectivity index (χ4v) is 4.51. The monoisotopic (exact) mass is 544 g/mol. The average molecular weight is 544 g/mol. The Balaban J connectivity index is 2.00. The summed E-state index contributed by atoms with van der Waals surface area (Å²) in [6.07, 6.45) is 0. The van der Waals surface area contributed by atoms with Crippen molar-refractivity contribution >= 4 is 27.6 Å². The summed E-state index contributed by atoms with van der Waals surface area (Å²) in [5.74, 6) is -15.9. The smallest absolute Gasteiger partial charge is 0.339 e. The second kappa shape index (κ2) is 10.5. The van der Waals surface area contributed by atoms with Gasteiger partial charge in [0.1, 0.15) is 11.3 Å². The lowest BCUT2D eigenvalue weighted by atomic mass is 10.1. The molecule has 3 aromatic rings. The summed E-state index contributed by atoms with van der Waals surface area (Å²) in [5, 5.41) is 19.1. The lowest BCUT2D eigenvalue weighted by Crippen LogP contribution is -2.41. The fourth-order valence-electron chi connectivity index (χ4n) is 3.29. The molecule has 1 amide bonds. The van der Waals surface area contributed by atoms with Gasteiger partial charge in [-0.1, -0.05) is 30.3 Å². The Bertz CT molecular complexity index is 1460. The van der Waals surface area contributed by atoms with Crippen LogP contribution in [0.2, 0.25) is 0 Å². The Labute approximate surface area is 206 Å². The number of amides is 1. The van der Waals surface area contributed by atoms with E-state index in [1.54, 1.807) is 30.3 Å². The van der Waals surface area contributed by atoms with Crippen LogP contribution in [0.1, 0.15) is 15.9 Å². The fraction of sp³-hybridized carbons (Fsp3) is 0.130. The molecule has 8 nitrogen and oxygen atoms in total. The standard InChI is InChI=1S/C23H17F5N2O6S/c1-29(37(35,36)22-20(27)18(25)17(24)19(26)21(22)28)11-16(32)30(10-12-5-3-2-4-6-12)13-7-8-14(23(33)34)15(31)9-13/h2-9,31H,10-11H2,1H3,(H,33,34). The van der Waals surface area contributed by atoms with E-state index in [4.69, 9.17) is 5.11 Å². The molecule has 0 aliphatic heterocycles. The van der Waals surface area contributed by atoms with Crippen molar-refractivity contribution < 1.29 is 50.2 Å². The van der Waals surface area contributed by atoms with Crippen molar-refractivity contribution in [1.29, 1.82) is 0 Å². The highest BCUT2D eigenvalue weighted by Gasteiger charge is 2.37. The van der Waals surface area contributed by atoms with E-state index in [0.29, 0.717) is 12.6 Å². The lowest BCUT2D eigenvalue weighted by Gasteiger charge is -2.26. The highest BCUT2D eigenvalue weighted by molar-refractivity contribution is 7.89. The molecule has 0 spiro atoms. The van der Waals surface area contributed by atoms with E-state index in [1.807, 2.05) is 0 Å². The Morgan fingerprint density at radius 1 is 0.865 bits per heavy atom. The zero-order chi connectivity index (χ0) is 27.7. The van der Waals surface area contributed by atoms with Crippen molar-refractivity contribution in [3.8, 4) is 5.75 Å². The minimum absolute atomic E-state index is 0.0709.